The minimum Gasteiger partial charge on any atom is -0.490 e. The number of nitrogens with one attached hydrogen (secondary N) is 1. The highest BCUT2D eigenvalue weighted by atomic mass is 16.7. The molecule has 1 amide bonds. The highest BCUT2D eigenvalue weighted by molar-refractivity contribution is 5.92. The van der Waals surface area contributed by atoms with Crippen LogP contribution in [0.25, 0.3) is 6.08 Å². The molecule has 2 aromatic rings. The molecule has 0 saturated heterocycles. The van der Waals surface area contributed by atoms with Crippen molar-refractivity contribution in [1.29, 1.82) is 0 Å². The lowest BCUT2D eigenvalue weighted by Gasteiger charge is -2.23. The highest BCUT2D eigenvalue weighted by Crippen LogP contribution is 2.38. The van der Waals surface area contributed by atoms with E-state index in [-0.39, 0.29) is 35.9 Å². The first-order valence-electron chi connectivity index (χ1n) is 10.4. The molecule has 1 unspecified atom stereocenters. The van der Waals surface area contributed by atoms with Gasteiger partial charge in [-0.15, -0.1) is 0 Å². The van der Waals surface area contributed by atoms with E-state index in [1.807, 2.05) is 32.0 Å². The summed E-state index contributed by atoms with van der Waals surface area (Å²) in [6.07, 6.45) is 3.49. The number of nitrogens with zero attached hydrogens (tertiary/aromatic N) is 1. The van der Waals surface area contributed by atoms with Crippen LogP contribution < -0.4 is 24.3 Å². The van der Waals surface area contributed by atoms with Crippen LogP contribution in [0.5, 0.6) is 23.0 Å². The second-order valence-electron chi connectivity index (χ2n) is 7.84. The van der Waals surface area contributed by atoms with Gasteiger partial charge in [-0.3, -0.25) is 14.9 Å². The fourth-order valence-electron chi connectivity index (χ4n) is 3.61. The third kappa shape index (κ3) is 4.61. The van der Waals surface area contributed by atoms with Gasteiger partial charge in [0.1, 0.15) is 0 Å². The van der Waals surface area contributed by atoms with Gasteiger partial charge in [-0.2, -0.15) is 0 Å². The number of carbonyl (C=O) groups is 1. The molecule has 0 saturated carbocycles. The molecule has 2 aliphatic heterocycles. The van der Waals surface area contributed by atoms with E-state index in [9.17, 15) is 14.9 Å². The third-order valence-corrected chi connectivity index (χ3v) is 5.23. The molecule has 0 spiro atoms. The number of carbonyl (C=O) groups excluding carboxylic acids is 1. The largest absolute Gasteiger partial charge is 0.490 e. The van der Waals surface area contributed by atoms with Gasteiger partial charge in [0.2, 0.25) is 12.7 Å². The number of hydrogen-bond donors (Lipinski definition) is 1. The Morgan fingerprint density at radius 2 is 1.72 bits per heavy atom. The van der Waals surface area contributed by atoms with Crippen LogP contribution in [-0.2, 0) is 4.79 Å². The molecule has 0 radical (unpaired) electrons. The zero-order valence-corrected chi connectivity index (χ0v) is 17.8. The predicted octanol–water partition coefficient (Wildman–Crippen LogP) is 4.01. The maximum atomic E-state index is 12.7. The van der Waals surface area contributed by atoms with E-state index in [4.69, 9.17) is 18.9 Å². The summed E-state index contributed by atoms with van der Waals surface area (Å²) in [4.78, 5) is 23.6. The molecule has 0 aromatic heterocycles. The normalized spacial score (nSPS) is 15.5. The van der Waals surface area contributed by atoms with E-state index < -0.39 is 4.92 Å². The molecule has 1 atom stereocenters. The Labute approximate surface area is 185 Å². The number of benzene rings is 2. The molecule has 1 N–H and O–H groups in total. The minimum absolute atomic E-state index is 0.00570. The zero-order valence-electron chi connectivity index (χ0n) is 17.8. The number of ether oxygens (including phenoxy) is 4. The standard InChI is InChI=1S/C23H24N2O7/c1-14(2)23(16-4-6-18-19(11-16)30-9-3-8-29-18)24-22(26)7-5-15-10-20-21(32-13-31-20)12-17(15)25(27)28/h4-7,10-12,14,23H,3,8-9,13H2,1-2H3,(H,24,26)/b7-5+. The summed E-state index contributed by atoms with van der Waals surface area (Å²) in [6.45, 7) is 5.19. The number of amides is 1. The molecule has 2 aromatic carbocycles. The van der Waals surface area contributed by atoms with Gasteiger partial charge in [0.05, 0.1) is 35.8 Å². The second-order valence-corrected chi connectivity index (χ2v) is 7.84. The Morgan fingerprint density at radius 3 is 2.44 bits per heavy atom. The van der Waals surface area contributed by atoms with Gasteiger partial charge in [0.15, 0.2) is 23.0 Å². The SMILES string of the molecule is CC(C)C(NC(=O)/C=C/c1cc2c(cc1[N+](=O)[O-])OCO2)c1ccc2c(c1)OCCCO2. The highest BCUT2D eigenvalue weighted by Gasteiger charge is 2.23. The maximum absolute atomic E-state index is 12.7. The van der Waals surface area contributed by atoms with Crippen molar-refractivity contribution in [2.45, 2.75) is 26.3 Å². The lowest BCUT2D eigenvalue weighted by molar-refractivity contribution is -0.385. The number of rotatable bonds is 6. The molecule has 9 nitrogen and oxygen atoms in total. The second kappa shape index (κ2) is 9.17. The number of hydrogen-bond acceptors (Lipinski definition) is 7. The van der Waals surface area contributed by atoms with Crippen LogP contribution in [0.15, 0.2) is 36.4 Å². The lowest BCUT2D eigenvalue weighted by atomic mass is 9.95. The first-order valence-corrected chi connectivity index (χ1v) is 10.4. The number of nitro benzene ring substituents is 1. The van der Waals surface area contributed by atoms with Gasteiger partial charge in [-0.1, -0.05) is 19.9 Å². The van der Waals surface area contributed by atoms with E-state index in [0.29, 0.717) is 36.2 Å². The Hall–Kier alpha value is -3.75. The molecule has 32 heavy (non-hydrogen) atoms. The first kappa shape index (κ1) is 21.5. The van der Waals surface area contributed by atoms with Gasteiger partial charge in [-0.25, -0.2) is 0 Å². The van der Waals surface area contributed by atoms with E-state index in [1.165, 1.54) is 24.3 Å². The average Bonchev–Trinajstić information content (AvgIpc) is 3.10. The Bertz CT molecular complexity index is 1060. The van der Waals surface area contributed by atoms with Gasteiger partial charge < -0.3 is 24.3 Å². The van der Waals surface area contributed by atoms with Crippen LogP contribution in [-0.4, -0.2) is 30.8 Å². The number of nitro groups is 1. The van der Waals surface area contributed by atoms with E-state index in [0.717, 1.165) is 12.0 Å². The topological polar surface area (TPSA) is 109 Å². The Balaban J connectivity index is 1.53. The molecule has 4 rings (SSSR count). The quantitative estimate of drug-likeness (QED) is 0.411. The van der Waals surface area contributed by atoms with Crippen LogP contribution in [0.2, 0.25) is 0 Å². The molecule has 2 aliphatic rings. The molecular formula is C23H24N2O7. The summed E-state index contributed by atoms with van der Waals surface area (Å²) < 4.78 is 21.9. The average molecular weight is 440 g/mol. The van der Waals surface area contributed by atoms with Gasteiger partial charge in [0.25, 0.3) is 5.69 Å². The molecule has 168 valence electrons. The van der Waals surface area contributed by atoms with Crippen LogP contribution >= 0.6 is 0 Å². The summed E-state index contributed by atoms with van der Waals surface area (Å²) in [5.41, 5.74) is 0.979. The third-order valence-electron chi connectivity index (χ3n) is 5.23. The maximum Gasteiger partial charge on any atom is 0.280 e. The van der Waals surface area contributed by atoms with Crippen molar-refractivity contribution in [2.24, 2.45) is 5.92 Å². The van der Waals surface area contributed by atoms with Crippen LogP contribution in [0, 0.1) is 16.0 Å². The van der Waals surface area contributed by atoms with Gasteiger partial charge in [0, 0.05) is 12.5 Å². The van der Waals surface area contributed by atoms with Gasteiger partial charge >= 0.3 is 0 Å². The van der Waals surface area contributed by atoms with Crippen molar-refractivity contribution in [3.8, 4) is 23.0 Å². The summed E-state index contributed by atoms with van der Waals surface area (Å²) in [5, 5.41) is 14.4. The monoisotopic (exact) mass is 440 g/mol. The summed E-state index contributed by atoms with van der Waals surface area (Å²) in [6, 6.07) is 8.16. The van der Waals surface area contributed by atoms with Crippen molar-refractivity contribution in [3.63, 3.8) is 0 Å². The lowest BCUT2D eigenvalue weighted by Crippen LogP contribution is -2.30. The van der Waals surface area contributed by atoms with E-state index >= 15 is 0 Å². The van der Waals surface area contributed by atoms with Crippen molar-refractivity contribution in [1.82, 2.24) is 5.32 Å². The molecule has 0 aliphatic carbocycles. The Kier molecular flexibility index (Phi) is 6.16. The Morgan fingerprint density at radius 1 is 1.03 bits per heavy atom. The summed E-state index contributed by atoms with van der Waals surface area (Å²) in [5.74, 6) is 1.79. The molecule has 9 heteroatoms. The number of fused-ring (bicyclic) bond motifs is 2. The smallest absolute Gasteiger partial charge is 0.280 e. The fourth-order valence-corrected chi connectivity index (χ4v) is 3.61. The fraction of sp³-hybridized carbons (Fsp3) is 0.348. The van der Waals surface area contributed by atoms with Gasteiger partial charge in [-0.05, 0) is 35.8 Å². The van der Waals surface area contributed by atoms with Crippen LogP contribution in [0.3, 0.4) is 0 Å². The van der Waals surface area contributed by atoms with Crippen LogP contribution in [0.1, 0.15) is 37.4 Å². The summed E-state index contributed by atoms with van der Waals surface area (Å²) >= 11 is 0. The first-order chi connectivity index (χ1) is 15.4. The van der Waals surface area contributed by atoms with Crippen molar-refractivity contribution in [3.05, 3.63) is 57.6 Å². The van der Waals surface area contributed by atoms with E-state index in [1.54, 1.807) is 0 Å². The molecule has 2 heterocycles. The van der Waals surface area contributed by atoms with Crippen molar-refractivity contribution < 1.29 is 28.7 Å². The predicted molar refractivity (Wildman–Crippen MR) is 116 cm³/mol. The van der Waals surface area contributed by atoms with Crippen molar-refractivity contribution in [2.75, 3.05) is 20.0 Å². The van der Waals surface area contributed by atoms with Crippen LogP contribution in [0.4, 0.5) is 5.69 Å². The zero-order chi connectivity index (χ0) is 22.7. The summed E-state index contributed by atoms with van der Waals surface area (Å²) in [7, 11) is 0. The van der Waals surface area contributed by atoms with Crippen molar-refractivity contribution >= 4 is 17.7 Å². The molecular weight excluding hydrogens is 416 g/mol. The molecule has 0 bridgehead atoms. The molecule has 0 fully saturated rings. The minimum atomic E-state index is -0.520. The van der Waals surface area contributed by atoms with E-state index in [2.05, 4.69) is 5.32 Å².